The maximum Gasteiger partial charge on any atom is 0.328 e. The third kappa shape index (κ3) is 2.54. The van der Waals surface area contributed by atoms with Gasteiger partial charge in [0.2, 0.25) is 0 Å². The SMILES string of the molecule is O=c1[nH]c(=O)n(Cc2cccc(Cl)c2F)cc1Br. The number of nitrogens with zero attached hydrogens (tertiary/aromatic N) is 1. The van der Waals surface area contributed by atoms with E-state index in [0.717, 1.165) is 0 Å². The molecule has 0 spiro atoms. The van der Waals surface area contributed by atoms with Crippen LogP contribution in [0.3, 0.4) is 0 Å². The van der Waals surface area contributed by atoms with Gasteiger partial charge in [-0.3, -0.25) is 14.3 Å². The third-order valence-corrected chi connectivity index (χ3v) is 3.20. The number of nitrogens with one attached hydrogen (secondary N) is 1. The summed E-state index contributed by atoms with van der Waals surface area (Å²) in [6.07, 6.45) is 1.31. The number of hydrogen-bond acceptors (Lipinski definition) is 2. The van der Waals surface area contributed by atoms with Crippen molar-refractivity contribution >= 4 is 27.5 Å². The summed E-state index contributed by atoms with van der Waals surface area (Å²) in [5.74, 6) is -0.576. The zero-order valence-corrected chi connectivity index (χ0v) is 11.3. The lowest BCUT2D eigenvalue weighted by molar-refractivity contribution is 0.592. The first-order valence-electron chi connectivity index (χ1n) is 4.91. The topological polar surface area (TPSA) is 54.9 Å². The summed E-state index contributed by atoms with van der Waals surface area (Å²) in [5.41, 5.74) is -0.867. The molecule has 18 heavy (non-hydrogen) atoms. The standard InChI is InChI=1S/C11H7BrClFN2O2/c12-7-5-16(11(18)15-10(7)17)4-6-2-1-3-8(13)9(6)14/h1-3,5H,4H2,(H,15,17,18). The van der Waals surface area contributed by atoms with Gasteiger partial charge in [-0.25, -0.2) is 9.18 Å². The van der Waals surface area contributed by atoms with Gasteiger partial charge in [-0.15, -0.1) is 0 Å². The van der Waals surface area contributed by atoms with Crippen molar-refractivity contribution in [2.24, 2.45) is 0 Å². The van der Waals surface area contributed by atoms with E-state index >= 15 is 0 Å². The van der Waals surface area contributed by atoms with Crippen molar-refractivity contribution < 1.29 is 4.39 Å². The molecule has 0 saturated heterocycles. The molecule has 0 aliphatic heterocycles. The van der Waals surface area contributed by atoms with E-state index in [2.05, 4.69) is 20.9 Å². The lowest BCUT2D eigenvalue weighted by Gasteiger charge is -2.07. The highest BCUT2D eigenvalue weighted by Gasteiger charge is 2.08. The predicted molar refractivity (Wildman–Crippen MR) is 69.5 cm³/mol. The smallest absolute Gasteiger partial charge is 0.295 e. The minimum Gasteiger partial charge on any atom is -0.295 e. The van der Waals surface area contributed by atoms with Crippen LogP contribution in [-0.2, 0) is 6.54 Å². The summed E-state index contributed by atoms with van der Waals surface area (Å²) in [4.78, 5) is 24.8. The fourth-order valence-electron chi connectivity index (χ4n) is 1.45. The molecule has 0 bridgehead atoms. The monoisotopic (exact) mass is 332 g/mol. The van der Waals surface area contributed by atoms with Crippen molar-refractivity contribution in [1.29, 1.82) is 0 Å². The molecule has 1 aromatic heterocycles. The average molecular weight is 334 g/mol. The number of aromatic amines is 1. The second kappa shape index (κ2) is 5.07. The Hall–Kier alpha value is -1.40. The summed E-state index contributed by atoms with van der Waals surface area (Å²) in [7, 11) is 0. The van der Waals surface area contributed by atoms with Crippen molar-refractivity contribution in [2.75, 3.05) is 0 Å². The number of H-pyrrole nitrogens is 1. The Bertz CT molecular complexity index is 711. The molecule has 1 aromatic carbocycles. The Kier molecular flexibility index (Phi) is 3.68. The summed E-state index contributed by atoms with van der Waals surface area (Å²) in [5, 5.41) is -0.0101. The summed E-state index contributed by atoms with van der Waals surface area (Å²) >= 11 is 8.65. The number of hydrogen-bond donors (Lipinski definition) is 1. The molecule has 0 atom stereocenters. The normalized spacial score (nSPS) is 10.6. The maximum absolute atomic E-state index is 13.7. The molecule has 2 aromatic rings. The molecule has 94 valence electrons. The Morgan fingerprint density at radius 2 is 2.11 bits per heavy atom. The van der Waals surface area contributed by atoms with E-state index in [1.165, 1.54) is 22.9 Å². The second-order valence-electron chi connectivity index (χ2n) is 3.58. The third-order valence-electron chi connectivity index (χ3n) is 2.34. The Balaban J connectivity index is 2.47. The number of benzene rings is 1. The molecule has 1 N–H and O–H groups in total. The fraction of sp³-hybridized carbons (Fsp3) is 0.0909. The molecule has 1 heterocycles. The van der Waals surface area contributed by atoms with Crippen molar-refractivity contribution in [3.8, 4) is 0 Å². The van der Waals surface area contributed by atoms with Crippen LogP contribution in [-0.4, -0.2) is 9.55 Å². The van der Waals surface area contributed by atoms with Gasteiger partial charge < -0.3 is 0 Å². The first-order chi connectivity index (χ1) is 8.49. The van der Waals surface area contributed by atoms with Crippen LogP contribution >= 0.6 is 27.5 Å². The molecule has 0 aliphatic carbocycles. The molecular weight excluding hydrogens is 326 g/mol. The Labute approximate surface area is 114 Å². The van der Waals surface area contributed by atoms with Gasteiger partial charge in [0.15, 0.2) is 0 Å². The quantitative estimate of drug-likeness (QED) is 0.915. The van der Waals surface area contributed by atoms with Gasteiger partial charge in [0.05, 0.1) is 16.0 Å². The maximum atomic E-state index is 13.7. The summed E-state index contributed by atoms with van der Waals surface area (Å²) in [6, 6.07) is 4.53. The van der Waals surface area contributed by atoms with Crippen molar-refractivity contribution in [2.45, 2.75) is 6.54 Å². The number of halogens is 3. The van der Waals surface area contributed by atoms with Gasteiger partial charge in [-0.05, 0) is 22.0 Å². The van der Waals surface area contributed by atoms with Gasteiger partial charge in [0.25, 0.3) is 5.56 Å². The zero-order chi connectivity index (χ0) is 13.3. The molecule has 0 amide bonds. The molecule has 4 nitrogen and oxygen atoms in total. The largest absolute Gasteiger partial charge is 0.328 e. The zero-order valence-electron chi connectivity index (χ0n) is 8.91. The van der Waals surface area contributed by atoms with Crippen LogP contribution in [0.5, 0.6) is 0 Å². The average Bonchev–Trinajstić information content (AvgIpc) is 2.32. The van der Waals surface area contributed by atoms with Crippen LogP contribution in [0.4, 0.5) is 4.39 Å². The van der Waals surface area contributed by atoms with E-state index < -0.39 is 17.1 Å². The Morgan fingerprint density at radius 3 is 2.83 bits per heavy atom. The van der Waals surface area contributed by atoms with E-state index in [1.54, 1.807) is 6.07 Å². The molecule has 0 aliphatic rings. The number of rotatable bonds is 2. The van der Waals surface area contributed by atoms with E-state index in [-0.39, 0.29) is 21.6 Å². The predicted octanol–water partition coefficient (Wildman–Crippen LogP) is 2.14. The first-order valence-corrected chi connectivity index (χ1v) is 6.08. The van der Waals surface area contributed by atoms with E-state index in [4.69, 9.17) is 11.6 Å². The van der Waals surface area contributed by atoms with Crippen LogP contribution < -0.4 is 11.2 Å². The van der Waals surface area contributed by atoms with E-state index in [0.29, 0.717) is 0 Å². The van der Waals surface area contributed by atoms with Gasteiger partial charge in [-0.2, -0.15) is 0 Å². The molecule has 0 saturated carbocycles. The Morgan fingerprint density at radius 1 is 1.39 bits per heavy atom. The van der Waals surface area contributed by atoms with E-state index in [1.807, 2.05) is 0 Å². The highest BCUT2D eigenvalue weighted by molar-refractivity contribution is 9.10. The van der Waals surface area contributed by atoms with Crippen LogP contribution in [0, 0.1) is 5.82 Å². The van der Waals surface area contributed by atoms with Crippen molar-refractivity contribution in [3.63, 3.8) is 0 Å². The molecule has 2 rings (SSSR count). The van der Waals surface area contributed by atoms with Gasteiger partial charge in [0.1, 0.15) is 5.82 Å². The van der Waals surface area contributed by atoms with Crippen molar-refractivity contribution in [1.82, 2.24) is 9.55 Å². The van der Waals surface area contributed by atoms with Gasteiger partial charge in [0, 0.05) is 11.8 Å². The molecular formula is C11H7BrClFN2O2. The highest BCUT2D eigenvalue weighted by Crippen LogP contribution is 2.18. The lowest BCUT2D eigenvalue weighted by Crippen LogP contribution is -2.30. The summed E-state index contributed by atoms with van der Waals surface area (Å²) in [6.45, 7) is -0.0133. The first kappa shape index (κ1) is 13.0. The summed E-state index contributed by atoms with van der Waals surface area (Å²) < 4.78 is 15.0. The van der Waals surface area contributed by atoms with E-state index in [9.17, 15) is 14.0 Å². The van der Waals surface area contributed by atoms with Crippen LogP contribution in [0.25, 0.3) is 0 Å². The molecule has 0 fully saturated rings. The lowest BCUT2D eigenvalue weighted by atomic mass is 10.2. The van der Waals surface area contributed by atoms with Crippen molar-refractivity contribution in [3.05, 3.63) is 66.1 Å². The molecule has 0 radical (unpaired) electrons. The van der Waals surface area contributed by atoms with Crippen LogP contribution in [0.2, 0.25) is 5.02 Å². The van der Waals surface area contributed by atoms with Gasteiger partial charge in [-0.1, -0.05) is 23.7 Å². The number of aromatic nitrogens is 2. The van der Waals surface area contributed by atoms with Crippen LogP contribution in [0.1, 0.15) is 5.56 Å². The second-order valence-corrected chi connectivity index (χ2v) is 4.84. The van der Waals surface area contributed by atoms with Crippen LogP contribution in [0.15, 0.2) is 38.5 Å². The molecule has 0 unspecified atom stereocenters. The minimum atomic E-state index is -0.609. The van der Waals surface area contributed by atoms with Gasteiger partial charge >= 0.3 is 5.69 Å². The molecule has 7 heteroatoms. The highest BCUT2D eigenvalue weighted by atomic mass is 79.9. The minimum absolute atomic E-state index is 0.0101. The fourth-order valence-corrected chi connectivity index (χ4v) is 1.99.